The van der Waals surface area contributed by atoms with Crippen LogP contribution < -0.4 is 10.6 Å². The van der Waals surface area contributed by atoms with Crippen molar-refractivity contribution in [3.63, 3.8) is 0 Å². The third-order valence-corrected chi connectivity index (χ3v) is 4.38. The summed E-state index contributed by atoms with van der Waals surface area (Å²) in [6.45, 7) is 1.53. The van der Waals surface area contributed by atoms with Gasteiger partial charge in [-0.1, -0.05) is 24.3 Å². The quantitative estimate of drug-likeness (QED) is 0.636. The second kappa shape index (κ2) is 9.14. The van der Waals surface area contributed by atoms with E-state index < -0.39 is 35.5 Å². The number of benzene rings is 2. The monoisotopic (exact) mass is 398 g/mol. The standard InChI is InChI=1S/C22H20F2N2O3/c1-14(25-22(28)20-9-4-10-29-20)21(27)26-19(16-6-3-8-18(24)13-16)12-15-5-2-7-17(23)11-15/h2-11,13-14,19H,12H2,1H3,(H,25,28)(H,26,27). The SMILES string of the molecule is CC(NC(=O)c1ccco1)C(=O)NC(Cc1cccc(F)c1)c1cccc(F)c1. The van der Waals surface area contributed by atoms with Gasteiger partial charge in [0.15, 0.2) is 5.76 Å². The van der Waals surface area contributed by atoms with Crippen LogP contribution in [-0.2, 0) is 11.2 Å². The highest BCUT2D eigenvalue weighted by Crippen LogP contribution is 2.20. The molecular weight excluding hydrogens is 378 g/mol. The molecule has 0 bridgehead atoms. The maximum atomic E-state index is 13.7. The Bertz CT molecular complexity index is 989. The van der Waals surface area contributed by atoms with Crippen LogP contribution in [0.5, 0.6) is 0 Å². The maximum Gasteiger partial charge on any atom is 0.287 e. The number of furan rings is 1. The summed E-state index contributed by atoms with van der Waals surface area (Å²) in [6, 6.07) is 13.4. The second-order valence-electron chi connectivity index (χ2n) is 6.62. The first-order valence-electron chi connectivity index (χ1n) is 9.07. The Labute approximate surface area is 166 Å². The molecule has 0 fully saturated rings. The Morgan fingerprint density at radius 1 is 0.966 bits per heavy atom. The molecule has 29 heavy (non-hydrogen) atoms. The highest BCUT2D eigenvalue weighted by atomic mass is 19.1. The largest absolute Gasteiger partial charge is 0.459 e. The van der Waals surface area contributed by atoms with Gasteiger partial charge >= 0.3 is 0 Å². The maximum absolute atomic E-state index is 13.7. The smallest absolute Gasteiger partial charge is 0.287 e. The number of hydrogen-bond donors (Lipinski definition) is 2. The summed E-state index contributed by atoms with van der Waals surface area (Å²) in [5.41, 5.74) is 1.18. The molecule has 0 saturated heterocycles. The predicted molar refractivity (Wildman–Crippen MR) is 103 cm³/mol. The van der Waals surface area contributed by atoms with Crippen LogP contribution in [-0.4, -0.2) is 17.9 Å². The summed E-state index contributed by atoms with van der Waals surface area (Å²) >= 11 is 0. The minimum Gasteiger partial charge on any atom is -0.459 e. The van der Waals surface area contributed by atoms with Crippen molar-refractivity contribution < 1.29 is 22.8 Å². The molecule has 0 aliphatic heterocycles. The van der Waals surface area contributed by atoms with Gasteiger partial charge in [-0.3, -0.25) is 9.59 Å². The molecule has 0 aliphatic rings. The predicted octanol–water partition coefficient (Wildman–Crippen LogP) is 3.78. The van der Waals surface area contributed by atoms with Gasteiger partial charge in [-0.05, 0) is 60.9 Å². The van der Waals surface area contributed by atoms with Gasteiger partial charge in [-0.25, -0.2) is 8.78 Å². The van der Waals surface area contributed by atoms with Crippen molar-refractivity contribution in [2.45, 2.75) is 25.4 Å². The molecule has 1 heterocycles. The topological polar surface area (TPSA) is 71.3 Å². The highest BCUT2D eigenvalue weighted by Gasteiger charge is 2.22. The first kappa shape index (κ1) is 20.3. The van der Waals surface area contributed by atoms with E-state index in [9.17, 15) is 18.4 Å². The third kappa shape index (κ3) is 5.51. The molecule has 2 N–H and O–H groups in total. The van der Waals surface area contributed by atoms with Crippen LogP contribution in [0.2, 0.25) is 0 Å². The van der Waals surface area contributed by atoms with E-state index in [0.717, 1.165) is 0 Å². The van der Waals surface area contributed by atoms with Crippen molar-refractivity contribution in [3.8, 4) is 0 Å². The first-order valence-corrected chi connectivity index (χ1v) is 9.07. The first-order chi connectivity index (χ1) is 13.9. The van der Waals surface area contributed by atoms with Crippen LogP contribution in [0.1, 0.15) is 34.6 Å². The Balaban J connectivity index is 1.74. The molecule has 2 atom stereocenters. The molecule has 3 aromatic rings. The number of halogens is 2. The van der Waals surface area contributed by atoms with Crippen LogP contribution in [0.4, 0.5) is 8.78 Å². The van der Waals surface area contributed by atoms with E-state index in [1.54, 1.807) is 24.3 Å². The van der Waals surface area contributed by atoms with Crippen molar-refractivity contribution in [1.29, 1.82) is 0 Å². The number of rotatable bonds is 7. The molecule has 0 aliphatic carbocycles. The molecule has 2 amide bonds. The molecule has 150 valence electrons. The zero-order valence-corrected chi connectivity index (χ0v) is 15.7. The summed E-state index contributed by atoms with van der Waals surface area (Å²) in [5, 5.41) is 5.35. The van der Waals surface area contributed by atoms with E-state index in [1.807, 2.05) is 0 Å². The highest BCUT2D eigenvalue weighted by molar-refractivity contribution is 5.95. The summed E-state index contributed by atoms with van der Waals surface area (Å²) < 4.78 is 32.3. The van der Waals surface area contributed by atoms with E-state index in [-0.39, 0.29) is 12.2 Å². The molecule has 0 saturated carbocycles. The normalized spacial score (nSPS) is 12.8. The Hall–Kier alpha value is -3.48. The van der Waals surface area contributed by atoms with Crippen LogP contribution in [0, 0.1) is 11.6 Å². The van der Waals surface area contributed by atoms with E-state index in [4.69, 9.17) is 4.42 Å². The Morgan fingerprint density at radius 3 is 2.34 bits per heavy atom. The molecule has 0 spiro atoms. The van der Waals surface area contributed by atoms with Crippen molar-refractivity contribution in [3.05, 3.63) is 95.4 Å². The van der Waals surface area contributed by atoms with Gasteiger partial charge in [0.2, 0.25) is 5.91 Å². The zero-order chi connectivity index (χ0) is 20.8. The number of nitrogens with one attached hydrogen (secondary N) is 2. The lowest BCUT2D eigenvalue weighted by Gasteiger charge is -2.22. The van der Waals surface area contributed by atoms with E-state index in [2.05, 4.69) is 10.6 Å². The Morgan fingerprint density at radius 2 is 1.69 bits per heavy atom. The molecule has 5 nitrogen and oxygen atoms in total. The molecule has 1 aromatic heterocycles. The molecule has 0 radical (unpaired) electrons. The number of hydrogen-bond acceptors (Lipinski definition) is 3. The molecular formula is C22H20F2N2O3. The van der Waals surface area contributed by atoms with E-state index in [0.29, 0.717) is 11.1 Å². The van der Waals surface area contributed by atoms with Gasteiger partial charge in [0, 0.05) is 0 Å². The summed E-state index contributed by atoms with van der Waals surface area (Å²) in [7, 11) is 0. The van der Waals surface area contributed by atoms with Gasteiger partial charge in [0.05, 0.1) is 12.3 Å². The van der Waals surface area contributed by atoms with E-state index >= 15 is 0 Å². The van der Waals surface area contributed by atoms with E-state index in [1.165, 1.54) is 49.6 Å². The lowest BCUT2D eigenvalue weighted by molar-refractivity contribution is -0.123. The van der Waals surface area contributed by atoms with Crippen LogP contribution in [0.25, 0.3) is 0 Å². The van der Waals surface area contributed by atoms with Crippen molar-refractivity contribution in [2.24, 2.45) is 0 Å². The molecule has 2 unspecified atom stereocenters. The fraction of sp³-hybridized carbons (Fsp3) is 0.182. The van der Waals surface area contributed by atoms with Gasteiger partial charge in [-0.15, -0.1) is 0 Å². The minimum atomic E-state index is -0.865. The third-order valence-electron chi connectivity index (χ3n) is 4.38. The van der Waals surface area contributed by atoms with Crippen LogP contribution >= 0.6 is 0 Å². The average molecular weight is 398 g/mol. The van der Waals surface area contributed by atoms with Gasteiger partial charge in [-0.2, -0.15) is 0 Å². The van der Waals surface area contributed by atoms with Crippen molar-refractivity contribution in [1.82, 2.24) is 10.6 Å². The van der Waals surface area contributed by atoms with Crippen molar-refractivity contribution >= 4 is 11.8 Å². The minimum absolute atomic E-state index is 0.0890. The molecule has 3 rings (SSSR count). The molecule has 2 aromatic carbocycles. The number of carbonyl (C=O) groups excluding carboxylic acids is 2. The van der Waals surface area contributed by atoms with Crippen molar-refractivity contribution in [2.75, 3.05) is 0 Å². The number of carbonyl (C=O) groups is 2. The lowest BCUT2D eigenvalue weighted by Crippen LogP contribution is -2.46. The number of amides is 2. The van der Waals surface area contributed by atoms with Crippen LogP contribution in [0.3, 0.4) is 0 Å². The fourth-order valence-electron chi connectivity index (χ4n) is 2.91. The summed E-state index contributed by atoms with van der Waals surface area (Å²) in [5.74, 6) is -1.74. The zero-order valence-electron chi connectivity index (χ0n) is 15.7. The van der Waals surface area contributed by atoms with Gasteiger partial charge in [0.25, 0.3) is 5.91 Å². The Kier molecular flexibility index (Phi) is 6.39. The second-order valence-corrected chi connectivity index (χ2v) is 6.62. The molecule has 7 heteroatoms. The van der Waals surface area contributed by atoms with Crippen LogP contribution in [0.15, 0.2) is 71.3 Å². The van der Waals surface area contributed by atoms with Gasteiger partial charge in [0.1, 0.15) is 17.7 Å². The fourth-order valence-corrected chi connectivity index (χ4v) is 2.91. The van der Waals surface area contributed by atoms with Gasteiger partial charge < -0.3 is 15.1 Å². The summed E-state index contributed by atoms with van der Waals surface area (Å²) in [6.07, 6.45) is 1.62. The summed E-state index contributed by atoms with van der Waals surface area (Å²) in [4.78, 5) is 24.7. The average Bonchev–Trinajstić information content (AvgIpc) is 3.22. The lowest BCUT2D eigenvalue weighted by atomic mass is 9.98.